The second kappa shape index (κ2) is 6.77. The highest BCUT2D eigenvalue weighted by Crippen LogP contribution is 2.29. The van der Waals surface area contributed by atoms with Crippen LogP contribution in [0.3, 0.4) is 0 Å². The summed E-state index contributed by atoms with van der Waals surface area (Å²) < 4.78 is 24.8. The van der Waals surface area contributed by atoms with E-state index in [-0.39, 0.29) is 17.3 Å². The van der Waals surface area contributed by atoms with Gasteiger partial charge in [0.1, 0.15) is 0 Å². The lowest BCUT2D eigenvalue weighted by Gasteiger charge is -2.34. The molecule has 25 heavy (non-hydrogen) atoms. The second-order valence-corrected chi connectivity index (χ2v) is 6.86. The quantitative estimate of drug-likeness (QED) is 0.857. The van der Waals surface area contributed by atoms with Gasteiger partial charge < -0.3 is 14.1 Å². The van der Waals surface area contributed by atoms with Gasteiger partial charge in [-0.2, -0.15) is 0 Å². The Hall–Kier alpha value is -1.92. The Morgan fingerprint density at radius 2 is 2.08 bits per heavy atom. The number of amides is 1. The molecule has 0 radical (unpaired) electrons. The van der Waals surface area contributed by atoms with E-state index < -0.39 is 5.82 Å². The number of ether oxygens (including phenoxy) is 1. The third kappa shape index (κ3) is 3.04. The number of hydrogen-bond acceptors (Lipinski definition) is 4. The van der Waals surface area contributed by atoms with Crippen LogP contribution in [0.15, 0.2) is 28.7 Å². The molecule has 1 aromatic carbocycles. The van der Waals surface area contributed by atoms with Gasteiger partial charge in [-0.1, -0.05) is 25.5 Å². The van der Waals surface area contributed by atoms with Crippen LogP contribution in [-0.4, -0.2) is 61.1 Å². The number of benzene rings is 1. The fourth-order valence-electron chi connectivity index (χ4n) is 4.03. The Balaban J connectivity index is 1.54. The number of carbonyl (C=O) groups excluding carboxylic acids is 1. The second-order valence-electron chi connectivity index (χ2n) is 6.86. The maximum atomic E-state index is 13.8. The average Bonchev–Trinajstić information content (AvgIpc) is 3.27. The smallest absolute Gasteiger partial charge is 0.289 e. The molecule has 2 aromatic rings. The molecular weight excluding hydrogens is 323 g/mol. The Morgan fingerprint density at radius 1 is 1.28 bits per heavy atom. The number of rotatable bonds is 3. The van der Waals surface area contributed by atoms with Crippen molar-refractivity contribution in [3.63, 3.8) is 0 Å². The van der Waals surface area contributed by atoms with Crippen molar-refractivity contribution in [2.24, 2.45) is 5.92 Å². The fraction of sp³-hybridized carbons (Fsp3) is 0.526. The molecule has 6 heteroatoms. The zero-order valence-corrected chi connectivity index (χ0v) is 14.4. The number of nitrogens with zero attached hydrogens (tertiary/aromatic N) is 2. The van der Waals surface area contributed by atoms with Crippen molar-refractivity contribution in [1.29, 1.82) is 0 Å². The summed E-state index contributed by atoms with van der Waals surface area (Å²) in [7, 11) is 0. The molecule has 0 spiro atoms. The van der Waals surface area contributed by atoms with E-state index in [4.69, 9.17) is 9.15 Å². The van der Waals surface area contributed by atoms with Crippen LogP contribution < -0.4 is 0 Å². The number of carbonyl (C=O) groups is 1. The molecule has 1 aromatic heterocycles. The van der Waals surface area contributed by atoms with E-state index in [1.54, 1.807) is 18.2 Å². The maximum absolute atomic E-state index is 13.8. The number of halogens is 1. The molecule has 0 saturated carbocycles. The van der Waals surface area contributed by atoms with Crippen LogP contribution >= 0.6 is 0 Å². The molecule has 4 rings (SSSR count). The van der Waals surface area contributed by atoms with Gasteiger partial charge in [0.15, 0.2) is 17.2 Å². The van der Waals surface area contributed by atoms with Gasteiger partial charge in [0.2, 0.25) is 0 Å². The van der Waals surface area contributed by atoms with Gasteiger partial charge in [-0.15, -0.1) is 0 Å². The summed E-state index contributed by atoms with van der Waals surface area (Å²) in [6.07, 6.45) is 1.03. The molecule has 3 heterocycles. The van der Waals surface area contributed by atoms with Crippen LogP contribution in [0, 0.1) is 11.7 Å². The first-order valence-electron chi connectivity index (χ1n) is 8.96. The van der Waals surface area contributed by atoms with Crippen LogP contribution in [0.4, 0.5) is 4.39 Å². The Bertz CT molecular complexity index is 769. The van der Waals surface area contributed by atoms with Crippen molar-refractivity contribution in [3.05, 3.63) is 35.8 Å². The number of likely N-dealkylation sites (tertiary alicyclic amines) is 1. The first-order valence-corrected chi connectivity index (χ1v) is 8.96. The summed E-state index contributed by atoms with van der Waals surface area (Å²) in [5.41, 5.74) is 0.154. The number of hydrogen-bond donors (Lipinski definition) is 0. The van der Waals surface area contributed by atoms with Crippen LogP contribution in [0.25, 0.3) is 11.0 Å². The summed E-state index contributed by atoms with van der Waals surface area (Å²) in [6, 6.07) is 6.73. The van der Waals surface area contributed by atoms with Gasteiger partial charge in [-0.25, -0.2) is 4.39 Å². The minimum Gasteiger partial charge on any atom is -0.448 e. The molecule has 5 nitrogen and oxygen atoms in total. The predicted octanol–water partition coefficient (Wildman–Crippen LogP) is 2.75. The molecule has 0 bridgehead atoms. The van der Waals surface area contributed by atoms with Gasteiger partial charge in [0, 0.05) is 37.6 Å². The van der Waals surface area contributed by atoms with E-state index in [2.05, 4.69) is 11.8 Å². The fourth-order valence-corrected chi connectivity index (χ4v) is 4.03. The lowest BCUT2D eigenvalue weighted by atomic mass is 9.99. The van der Waals surface area contributed by atoms with E-state index in [0.717, 1.165) is 39.3 Å². The summed E-state index contributed by atoms with van der Waals surface area (Å²) in [5.74, 6) is 0.0844. The topological polar surface area (TPSA) is 45.9 Å². The average molecular weight is 346 g/mol. The van der Waals surface area contributed by atoms with E-state index in [0.29, 0.717) is 23.9 Å². The normalized spacial score (nSPS) is 25.0. The summed E-state index contributed by atoms with van der Waals surface area (Å²) in [5, 5.41) is 0.624. The molecule has 0 aliphatic carbocycles. The molecule has 0 unspecified atom stereocenters. The highest BCUT2D eigenvalue weighted by Gasteiger charge is 2.39. The van der Waals surface area contributed by atoms with Crippen molar-refractivity contribution < 1.29 is 18.3 Å². The van der Waals surface area contributed by atoms with Crippen LogP contribution in [0.5, 0.6) is 0 Å². The van der Waals surface area contributed by atoms with Gasteiger partial charge in [-0.05, 0) is 18.1 Å². The first-order chi connectivity index (χ1) is 12.2. The van der Waals surface area contributed by atoms with Crippen LogP contribution in [0.1, 0.15) is 23.9 Å². The van der Waals surface area contributed by atoms with Crippen molar-refractivity contribution in [2.45, 2.75) is 19.4 Å². The van der Waals surface area contributed by atoms with Gasteiger partial charge in [-0.3, -0.25) is 9.69 Å². The number of morpholine rings is 1. The molecule has 2 atom stereocenters. The van der Waals surface area contributed by atoms with Crippen molar-refractivity contribution in [3.8, 4) is 0 Å². The summed E-state index contributed by atoms with van der Waals surface area (Å²) >= 11 is 0. The van der Waals surface area contributed by atoms with Gasteiger partial charge in [0.25, 0.3) is 5.91 Å². The van der Waals surface area contributed by atoms with E-state index in [9.17, 15) is 9.18 Å². The molecular formula is C19H23FN2O3. The number of para-hydroxylation sites is 1. The van der Waals surface area contributed by atoms with E-state index in [1.165, 1.54) is 6.07 Å². The molecule has 2 aliphatic rings. The molecule has 2 fully saturated rings. The maximum Gasteiger partial charge on any atom is 0.289 e. The number of furan rings is 1. The van der Waals surface area contributed by atoms with Crippen LogP contribution in [0.2, 0.25) is 0 Å². The lowest BCUT2D eigenvalue weighted by molar-refractivity contribution is 0.0102. The SMILES string of the molecule is CC[C@@H]1CN(C(=O)c2cc3cccc(F)c3o2)C[C@H]1N1CCOCC1. The third-order valence-corrected chi connectivity index (χ3v) is 5.44. The van der Waals surface area contributed by atoms with Gasteiger partial charge in [0.05, 0.1) is 13.2 Å². The van der Waals surface area contributed by atoms with Crippen LogP contribution in [-0.2, 0) is 4.74 Å². The Kier molecular flexibility index (Phi) is 4.48. The van der Waals surface area contributed by atoms with Crippen molar-refractivity contribution >= 4 is 16.9 Å². The van der Waals surface area contributed by atoms with Gasteiger partial charge >= 0.3 is 0 Å². The minimum atomic E-state index is -0.435. The molecule has 2 aliphatic heterocycles. The highest BCUT2D eigenvalue weighted by molar-refractivity contribution is 5.96. The molecule has 2 saturated heterocycles. The molecule has 1 amide bonds. The summed E-state index contributed by atoms with van der Waals surface area (Å²) in [6.45, 7) is 6.92. The first kappa shape index (κ1) is 16.5. The highest BCUT2D eigenvalue weighted by atomic mass is 19.1. The molecule has 0 N–H and O–H groups in total. The van der Waals surface area contributed by atoms with E-state index >= 15 is 0 Å². The zero-order valence-electron chi connectivity index (χ0n) is 14.4. The van der Waals surface area contributed by atoms with Crippen molar-refractivity contribution in [1.82, 2.24) is 9.80 Å². The largest absolute Gasteiger partial charge is 0.448 e. The summed E-state index contributed by atoms with van der Waals surface area (Å²) in [4.78, 5) is 17.2. The molecule has 134 valence electrons. The Morgan fingerprint density at radius 3 is 2.80 bits per heavy atom. The third-order valence-electron chi connectivity index (χ3n) is 5.44. The Labute approximate surface area is 146 Å². The zero-order chi connectivity index (χ0) is 17.4. The lowest BCUT2D eigenvalue weighted by Crippen LogP contribution is -2.47. The standard InChI is InChI=1S/C19H23FN2O3/c1-2-13-11-22(12-16(13)21-6-8-24-9-7-21)19(23)17-10-14-4-3-5-15(20)18(14)25-17/h3-5,10,13,16H,2,6-9,11-12H2,1H3/t13-,16-/m1/s1. The number of fused-ring (bicyclic) bond motifs is 1. The monoisotopic (exact) mass is 346 g/mol. The van der Waals surface area contributed by atoms with E-state index in [1.807, 2.05) is 4.90 Å². The predicted molar refractivity (Wildman–Crippen MR) is 92.0 cm³/mol. The minimum absolute atomic E-state index is 0.148. The van der Waals surface area contributed by atoms with Crippen molar-refractivity contribution in [2.75, 3.05) is 39.4 Å².